The third-order valence-electron chi connectivity index (χ3n) is 5.76. The molecule has 0 spiro atoms. The number of rotatable bonds is 5. The van der Waals surface area contributed by atoms with Gasteiger partial charge in [-0.3, -0.25) is 14.8 Å². The van der Waals surface area contributed by atoms with Crippen molar-refractivity contribution in [2.45, 2.75) is 47.6 Å². The molecule has 0 saturated carbocycles. The number of carbonyl (C=O) groups is 3. The topological polar surface area (TPSA) is 101 Å². The maximum absolute atomic E-state index is 13.6. The van der Waals surface area contributed by atoms with Crippen LogP contribution in [-0.4, -0.2) is 46.4 Å². The lowest BCUT2D eigenvalue weighted by Gasteiger charge is -2.42. The van der Waals surface area contributed by atoms with Gasteiger partial charge in [-0.2, -0.15) is 0 Å². The number of hydrazine groups is 1. The highest BCUT2D eigenvalue weighted by atomic mass is 17.2. The van der Waals surface area contributed by atoms with E-state index in [0.717, 1.165) is 16.7 Å². The molecule has 0 saturated heterocycles. The maximum atomic E-state index is 13.6. The Morgan fingerprint density at radius 1 is 1.09 bits per heavy atom. The minimum absolute atomic E-state index is 0.0241. The molecule has 9 nitrogen and oxygen atoms in total. The molecule has 0 fully saturated rings. The summed E-state index contributed by atoms with van der Waals surface area (Å²) in [7, 11) is 1.73. The number of hydrogen-bond acceptors (Lipinski definition) is 8. The molecule has 2 aromatic rings. The summed E-state index contributed by atoms with van der Waals surface area (Å²) in [6, 6.07) is 8.74. The predicted octanol–water partition coefficient (Wildman–Crippen LogP) is 3.86. The van der Waals surface area contributed by atoms with Gasteiger partial charge in [-0.25, -0.2) is 24.4 Å². The molecule has 1 amide bonds. The third-order valence-corrected chi connectivity index (χ3v) is 5.76. The van der Waals surface area contributed by atoms with E-state index in [1.54, 1.807) is 51.3 Å². The van der Waals surface area contributed by atoms with Gasteiger partial charge in [0.15, 0.2) is 0 Å². The Labute approximate surface area is 205 Å². The summed E-state index contributed by atoms with van der Waals surface area (Å²) < 4.78 is 0. The number of hydrogen-bond donors (Lipinski definition) is 1. The second-order valence-corrected chi connectivity index (χ2v) is 9.50. The molecule has 1 unspecified atom stereocenters. The summed E-state index contributed by atoms with van der Waals surface area (Å²) in [5.41, 5.74) is 2.39. The fourth-order valence-corrected chi connectivity index (χ4v) is 3.66. The Hall–Kier alpha value is -3.72. The van der Waals surface area contributed by atoms with E-state index in [-0.39, 0.29) is 11.3 Å². The number of nitrogens with zero attached hydrogens (tertiary/aromatic N) is 3. The van der Waals surface area contributed by atoms with E-state index >= 15 is 0 Å². The van der Waals surface area contributed by atoms with Crippen LogP contribution in [0.1, 0.15) is 50.4 Å². The van der Waals surface area contributed by atoms with Crippen molar-refractivity contribution in [2.24, 2.45) is 5.41 Å². The summed E-state index contributed by atoms with van der Waals surface area (Å²) in [5.74, 6) is -2.06. The Bertz CT molecular complexity index is 1150. The first-order chi connectivity index (χ1) is 16.5. The Morgan fingerprint density at radius 2 is 1.74 bits per heavy atom. The molecule has 1 aromatic heterocycles. The number of aryl methyl sites for hydroxylation is 2. The first kappa shape index (κ1) is 25.9. The number of carbonyl (C=O) groups excluding carboxylic acids is 3. The first-order valence-electron chi connectivity index (χ1n) is 11.4. The standard InChI is InChI=1S/C26H32N4O5/c1-8-30-23(31)21(28-19-15-27-14-13-17(19)3)20(24(32)34-35-25(33)26(4,5)6)22(29(30)7)18-11-9-16(2)10-12-18/h9-15,22,28H,8H2,1-7H3. The van der Waals surface area contributed by atoms with Crippen LogP contribution in [0.2, 0.25) is 0 Å². The maximum Gasteiger partial charge on any atom is 0.386 e. The largest absolute Gasteiger partial charge is 0.386 e. The van der Waals surface area contributed by atoms with Gasteiger partial charge >= 0.3 is 11.9 Å². The van der Waals surface area contributed by atoms with Crippen molar-refractivity contribution >= 4 is 23.5 Å². The van der Waals surface area contributed by atoms with Crippen LogP contribution in [0.25, 0.3) is 0 Å². The number of nitrogens with one attached hydrogen (secondary N) is 1. The van der Waals surface area contributed by atoms with Crippen molar-refractivity contribution < 1.29 is 24.2 Å². The van der Waals surface area contributed by atoms with Crippen LogP contribution in [0.5, 0.6) is 0 Å². The molecule has 1 atom stereocenters. The number of pyridine rings is 1. The molecule has 1 aliphatic heterocycles. The smallest absolute Gasteiger partial charge is 0.349 e. The molecule has 1 N–H and O–H groups in total. The third kappa shape index (κ3) is 5.51. The lowest BCUT2D eigenvalue weighted by atomic mass is 9.93. The van der Waals surface area contributed by atoms with Crippen LogP contribution < -0.4 is 5.32 Å². The van der Waals surface area contributed by atoms with E-state index < -0.39 is 29.3 Å². The molecule has 3 rings (SSSR count). The molecule has 1 aromatic carbocycles. The van der Waals surface area contributed by atoms with Crippen LogP contribution in [0, 0.1) is 19.3 Å². The number of amides is 1. The lowest BCUT2D eigenvalue weighted by Crippen LogP contribution is -2.53. The van der Waals surface area contributed by atoms with Crippen molar-refractivity contribution in [3.63, 3.8) is 0 Å². The number of aromatic nitrogens is 1. The van der Waals surface area contributed by atoms with Crippen molar-refractivity contribution in [2.75, 3.05) is 18.9 Å². The van der Waals surface area contributed by atoms with Gasteiger partial charge in [-0.05, 0) is 58.7 Å². The van der Waals surface area contributed by atoms with E-state index in [9.17, 15) is 14.4 Å². The van der Waals surface area contributed by atoms with Crippen molar-refractivity contribution in [1.82, 2.24) is 15.0 Å². The lowest BCUT2D eigenvalue weighted by molar-refractivity contribution is -0.262. The van der Waals surface area contributed by atoms with E-state index in [4.69, 9.17) is 9.78 Å². The summed E-state index contributed by atoms with van der Waals surface area (Å²) in [6.45, 7) is 11.0. The van der Waals surface area contributed by atoms with Crippen LogP contribution in [0.15, 0.2) is 54.0 Å². The normalized spacial score (nSPS) is 16.8. The van der Waals surface area contributed by atoms with Gasteiger partial charge in [0.2, 0.25) is 0 Å². The summed E-state index contributed by atoms with van der Waals surface area (Å²) in [5, 5.41) is 6.33. The average Bonchev–Trinajstić information content (AvgIpc) is 2.80. The van der Waals surface area contributed by atoms with Crippen molar-refractivity contribution in [3.05, 3.63) is 70.7 Å². The van der Waals surface area contributed by atoms with Gasteiger partial charge < -0.3 is 5.32 Å². The van der Waals surface area contributed by atoms with Gasteiger partial charge in [0.05, 0.1) is 28.9 Å². The van der Waals surface area contributed by atoms with Crippen molar-refractivity contribution in [3.8, 4) is 0 Å². The second-order valence-electron chi connectivity index (χ2n) is 9.50. The van der Waals surface area contributed by atoms with Gasteiger partial charge in [0.25, 0.3) is 5.91 Å². The molecule has 0 radical (unpaired) electrons. The molecule has 35 heavy (non-hydrogen) atoms. The molecule has 9 heteroatoms. The van der Waals surface area contributed by atoms with Crippen LogP contribution >= 0.6 is 0 Å². The Balaban J connectivity index is 2.16. The van der Waals surface area contributed by atoms with Gasteiger partial charge in [-0.1, -0.05) is 29.8 Å². The quantitative estimate of drug-likeness (QED) is 0.509. The van der Waals surface area contributed by atoms with E-state index in [1.165, 1.54) is 5.01 Å². The fraction of sp³-hybridized carbons (Fsp3) is 0.385. The number of likely N-dealkylation sites (N-methyl/N-ethyl adjacent to an activating group) is 2. The van der Waals surface area contributed by atoms with E-state index in [1.807, 2.05) is 45.0 Å². The summed E-state index contributed by atoms with van der Waals surface area (Å²) >= 11 is 0. The van der Waals surface area contributed by atoms with Crippen LogP contribution in [0.4, 0.5) is 5.69 Å². The highest BCUT2D eigenvalue weighted by molar-refractivity contribution is 6.06. The summed E-state index contributed by atoms with van der Waals surface area (Å²) in [6.07, 6.45) is 3.22. The zero-order chi connectivity index (χ0) is 25.9. The van der Waals surface area contributed by atoms with Crippen LogP contribution in [0.3, 0.4) is 0 Å². The Morgan fingerprint density at radius 3 is 2.31 bits per heavy atom. The van der Waals surface area contributed by atoms with E-state index in [2.05, 4.69) is 10.3 Å². The second kappa shape index (κ2) is 10.3. The van der Waals surface area contributed by atoms with Crippen LogP contribution in [-0.2, 0) is 24.2 Å². The SMILES string of the molecule is CCN1C(=O)C(Nc2cnccc2C)=C(C(=O)OOC(=O)C(C)(C)C)C(c2ccc(C)cc2)N1C. The fourth-order valence-electron chi connectivity index (χ4n) is 3.66. The highest BCUT2D eigenvalue weighted by Gasteiger charge is 2.43. The van der Waals surface area contributed by atoms with Gasteiger partial charge in [0.1, 0.15) is 5.70 Å². The number of anilines is 1. The molecule has 0 aliphatic carbocycles. The zero-order valence-electron chi connectivity index (χ0n) is 21.2. The summed E-state index contributed by atoms with van der Waals surface area (Å²) in [4.78, 5) is 53.3. The van der Waals surface area contributed by atoms with Crippen molar-refractivity contribution in [1.29, 1.82) is 0 Å². The molecule has 0 bridgehead atoms. The Kier molecular flexibility index (Phi) is 7.60. The molecular formula is C26H32N4O5. The first-order valence-corrected chi connectivity index (χ1v) is 11.4. The zero-order valence-corrected chi connectivity index (χ0v) is 21.2. The molecule has 2 heterocycles. The minimum Gasteiger partial charge on any atom is -0.349 e. The number of benzene rings is 1. The van der Waals surface area contributed by atoms with Gasteiger partial charge in [0, 0.05) is 19.8 Å². The average molecular weight is 481 g/mol. The minimum atomic E-state index is -0.937. The van der Waals surface area contributed by atoms with Gasteiger partial charge in [-0.15, -0.1) is 0 Å². The monoisotopic (exact) mass is 480 g/mol. The highest BCUT2D eigenvalue weighted by Crippen LogP contribution is 2.37. The predicted molar refractivity (Wildman–Crippen MR) is 130 cm³/mol. The molecule has 186 valence electrons. The molecule has 1 aliphatic rings. The molecular weight excluding hydrogens is 448 g/mol. The van der Waals surface area contributed by atoms with E-state index in [0.29, 0.717) is 12.2 Å².